The third-order valence-corrected chi connectivity index (χ3v) is 3.33. The van der Waals surface area contributed by atoms with Crippen LogP contribution in [0.5, 0.6) is 0 Å². The number of hydrogen-bond donors (Lipinski definition) is 1. The Balaban J connectivity index is 3.12. The fourth-order valence-electron chi connectivity index (χ4n) is 1.39. The largest absolute Gasteiger partial charge is 0.465 e. The second kappa shape index (κ2) is 7.82. The number of thiophene rings is 1. The van der Waals surface area contributed by atoms with Crippen molar-refractivity contribution in [1.82, 2.24) is 4.90 Å². The fourth-order valence-corrected chi connectivity index (χ4v) is 2.16. The van der Waals surface area contributed by atoms with E-state index in [9.17, 15) is 22.8 Å². The average molecular weight is 348 g/mol. The number of hydrogen-bond acceptors (Lipinski definition) is 6. The zero-order valence-electron chi connectivity index (χ0n) is 12.6. The molecule has 0 aliphatic rings. The van der Waals surface area contributed by atoms with Crippen LogP contribution in [-0.2, 0) is 9.53 Å². The molecule has 126 valence electrons. The topological polar surface area (TPSA) is 58.6 Å². The molecular weight excluding hydrogens is 333 g/mol. The molecule has 0 atom stereocenters. The van der Waals surface area contributed by atoms with E-state index in [1.165, 1.54) is 25.5 Å². The number of allylic oxidation sites excluding steroid dienone is 2. The number of carbonyl (C=O) groups excluding carboxylic acids is 2. The van der Waals surface area contributed by atoms with Crippen LogP contribution in [0.15, 0.2) is 35.5 Å². The van der Waals surface area contributed by atoms with E-state index in [0.717, 1.165) is 11.3 Å². The number of esters is 1. The number of anilines is 1. The van der Waals surface area contributed by atoms with Gasteiger partial charge < -0.3 is 15.0 Å². The van der Waals surface area contributed by atoms with Gasteiger partial charge in [-0.15, -0.1) is 11.3 Å². The lowest BCUT2D eigenvalue weighted by Crippen LogP contribution is -2.21. The molecule has 23 heavy (non-hydrogen) atoms. The third-order valence-electron chi connectivity index (χ3n) is 2.43. The van der Waals surface area contributed by atoms with Crippen molar-refractivity contribution in [3.05, 3.63) is 40.4 Å². The summed E-state index contributed by atoms with van der Waals surface area (Å²) in [6, 6.07) is 1.51. The summed E-state index contributed by atoms with van der Waals surface area (Å²) in [5.41, 5.74) is 0.149. The van der Waals surface area contributed by atoms with Gasteiger partial charge in [0.2, 0.25) is 0 Å². The van der Waals surface area contributed by atoms with Crippen molar-refractivity contribution < 1.29 is 27.5 Å². The lowest BCUT2D eigenvalue weighted by Gasteiger charge is -2.10. The van der Waals surface area contributed by atoms with Crippen LogP contribution in [0.3, 0.4) is 0 Å². The molecule has 1 heterocycles. The molecule has 0 aromatic carbocycles. The molecule has 0 unspecified atom stereocenters. The monoisotopic (exact) mass is 348 g/mol. The highest BCUT2D eigenvalue weighted by atomic mass is 32.1. The van der Waals surface area contributed by atoms with Crippen molar-refractivity contribution in [3.8, 4) is 0 Å². The Hall–Kier alpha value is -2.29. The van der Waals surface area contributed by atoms with E-state index < -0.39 is 17.9 Å². The molecule has 0 radical (unpaired) electrons. The van der Waals surface area contributed by atoms with E-state index in [0.29, 0.717) is 6.08 Å². The van der Waals surface area contributed by atoms with E-state index in [2.05, 4.69) is 10.1 Å². The summed E-state index contributed by atoms with van der Waals surface area (Å²) in [5.74, 6) is -2.63. The Morgan fingerprint density at radius 1 is 1.35 bits per heavy atom. The number of carbonyl (C=O) groups is 2. The molecule has 0 aliphatic carbocycles. The minimum atomic E-state index is -4.97. The van der Waals surface area contributed by atoms with Crippen LogP contribution in [-0.4, -0.2) is 44.0 Å². The first-order valence-corrected chi connectivity index (χ1v) is 7.13. The van der Waals surface area contributed by atoms with E-state index in [-0.39, 0.29) is 16.3 Å². The SMILES string of the molecule is COC(=O)c1sccc1NC(=CC(=O)C(F)(F)F)/C=C/N(C)C. The van der Waals surface area contributed by atoms with Gasteiger partial charge in [-0.1, -0.05) is 0 Å². The van der Waals surface area contributed by atoms with Crippen molar-refractivity contribution in [2.45, 2.75) is 6.18 Å². The van der Waals surface area contributed by atoms with Crippen molar-refractivity contribution in [2.24, 2.45) is 0 Å². The Morgan fingerprint density at radius 2 is 2.00 bits per heavy atom. The maximum absolute atomic E-state index is 12.4. The highest BCUT2D eigenvalue weighted by Gasteiger charge is 2.36. The summed E-state index contributed by atoms with van der Waals surface area (Å²) in [5, 5.41) is 4.21. The number of nitrogens with one attached hydrogen (secondary N) is 1. The molecule has 1 aromatic heterocycles. The molecule has 0 saturated heterocycles. The van der Waals surface area contributed by atoms with Crippen LogP contribution in [0.2, 0.25) is 0 Å². The summed E-state index contributed by atoms with van der Waals surface area (Å²) < 4.78 is 41.9. The highest BCUT2D eigenvalue weighted by Crippen LogP contribution is 2.25. The van der Waals surface area contributed by atoms with Gasteiger partial charge in [0.15, 0.2) is 0 Å². The summed E-state index contributed by atoms with van der Waals surface area (Å²) in [6.07, 6.45) is -1.79. The zero-order valence-corrected chi connectivity index (χ0v) is 13.4. The Kier molecular flexibility index (Phi) is 6.38. The first-order valence-electron chi connectivity index (χ1n) is 6.25. The molecule has 0 aliphatic heterocycles. The van der Waals surface area contributed by atoms with E-state index >= 15 is 0 Å². The molecule has 1 rings (SSSR count). The van der Waals surface area contributed by atoms with Gasteiger partial charge in [0.1, 0.15) is 4.88 Å². The molecule has 0 saturated carbocycles. The molecular formula is C14H15F3N2O3S. The minimum absolute atomic E-state index is 0.107. The quantitative estimate of drug-likeness (QED) is 0.486. The van der Waals surface area contributed by atoms with Crippen molar-refractivity contribution >= 4 is 28.8 Å². The van der Waals surface area contributed by atoms with E-state index in [4.69, 9.17) is 0 Å². The smallest absolute Gasteiger partial charge is 0.454 e. The number of ketones is 1. The van der Waals surface area contributed by atoms with Gasteiger partial charge in [0.05, 0.1) is 12.8 Å². The van der Waals surface area contributed by atoms with Crippen LogP contribution < -0.4 is 5.32 Å². The predicted octanol–water partition coefficient (Wildman–Crippen LogP) is 3.04. The van der Waals surface area contributed by atoms with Gasteiger partial charge in [0.25, 0.3) is 5.78 Å². The second-order valence-electron chi connectivity index (χ2n) is 4.52. The maximum atomic E-state index is 12.4. The number of ether oxygens (including phenoxy) is 1. The molecule has 9 heteroatoms. The zero-order chi connectivity index (χ0) is 17.6. The van der Waals surface area contributed by atoms with Crippen LogP contribution >= 0.6 is 11.3 Å². The Bertz CT molecular complexity index is 633. The van der Waals surface area contributed by atoms with E-state index in [1.54, 1.807) is 24.4 Å². The van der Waals surface area contributed by atoms with Gasteiger partial charge in [-0.3, -0.25) is 4.79 Å². The molecule has 5 nitrogen and oxygen atoms in total. The first-order chi connectivity index (χ1) is 10.6. The predicted molar refractivity (Wildman–Crippen MR) is 81.3 cm³/mol. The highest BCUT2D eigenvalue weighted by molar-refractivity contribution is 7.12. The molecule has 0 fully saturated rings. The summed E-state index contributed by atoms with van der Waals surface area (Å²) in [7, 11) is 4.54. The standard InChI is InChI=1S/C14H15F3N2O3S/c1-19(2)6-4-9(8-11(20)14(15,16)17)18-10-5-7-23-12(10)13(21)22-3/h4-8,18H,1-3H3/b6-4+,9-8?. The second-order valence-corrected chi connectivity index (χ2v) is 5.44. The van der Waals surface area contributed by atoms with Gasteiger partial charge in [-0.05, 0) is 17.5 Å². The molecule has 0 spiro atoms. The first kappa shape index (κ1) is 18.8. The number of alkyl halides is 3. The van der Waals surface area contributed by atoms with Crippen LogP contribution in [0.4, 0.5) is 18.9 Å². The van der Waals surface area contributed by atoms with Gasteiger partial charge in [-0.25, -0.2) is 4.79 Å². The van der Waals surface area contributed by atoms with Crippen molar-refractivity contribution in [2.75, 3.05) is 26.5 Å². The number of methoxy groups -OCH3 is 1. The van der Waals surface area contributed by atoms with Crippen molar-refractivity contribution in [3.63, 3.8) is 0 Å². The minimum Gasteiger partial charge on any atom is -0.465 e. The summed E-state index contributed by atoms with van der Waals surface area (Å²) >= 11 is 1.07. The average Bonchev–Trinajstić information content (AvgIpc) is 2.90. The number of nitrogens with zero attached hydrogens (tertiary/aromatic N) is 1. The molecule has 1 aromatic rings. The lowest BCUT2D eigenvalue weighted by molar-refractivity contribution is -0.165. The van der Waals surface area contributed by atoms with Crippen molar-refractivity contribution in [1.29, 1.82) is 0 Å². The van der Waals surface area contributed by atoms with Crippen LogP contribution in [0, 0.1) is 0 Å². The molecule has 1 N–H and O–H groups in total. The van der Waals surface area contributed by atoms with Gasteiger partial charge >= 0.3 is 12.1 Å². The summed E-state index contributed by atoms with van der Waals surface area (Å²) in [6.45, 7) is 0. The molecule has 0 amide bonds. The van der Waals surface area contributed by atoms with Crippen LogP contribution in [0.1, 0.15) is 9.67 Å². The van der Waals surface area contributed by atoms with Gasteiger partial charge in [-0.2, -0.15) is 13.2 Å². The molecule has 0 bridgehead atoms. The Labute approximate surface area is 135 Å². The van der Waals surface area contributed by atoms with E-state index in [1.807, 2.05) is 0 Å². The maximum Gasteiger partial charge on any atom is 0.454 e. The number of halogens is 3. The fraction of sp³-hybridized carbons (Fsp3) is 0.286. The summed E-state index contributed by atoms with van der Waals surface area (Å²) in [4.78, 5) is 24.5. The third kappa shape index (κ3) is 5.78. The van der Waals surface area contributed by atoms with Crippen LogP contribution in [0.25, 0.3) is 0 Å². The number of rotatable bonds is 6. The Morgan fingerprint density at radius 3 is 2.52 bits per heavy atom. The lowest BCUT2D eigenvalue weighted by atomic mass is 10.2. The normalized spacial score (nSPS) is 12.3. The van der Waals surface area contributed by atoms with Gasteiger partial charge in [0, 0.05) is 32.1 Å².